The van der Waals surface area contributed by atoms with Crippen LogP contribution >= 0.6 is 11.6 Å². The second-order valence-corrected chi connectivity index (χ2v) is 12.5. The highest BCUT2D eigenvalue weighted by Crippen LogP contribution is 2.27. The number of fused-ring (bicyclic) bond motifs is 1. The summed E-state index contributed by atoms with van der Waals surface area (Å²) in [6.07, 6.45) is 0.926. The van der Waals surface area contributed by atoms with Crippen molar-refractivity contribution < 1.29 is 33.0 Å². The maximum atomic E-state index is 13.3. The summed E-state index contributed by atoms with van der Waals surface area (Å²) in [5.74, 6) is -2.94. The molecule has 3 heterocycles. The third-order valence-corrected chi connectivity index (χ3v) is 9.56. The molecular weight excluding hydrogens is 574 g/mol. The van der Waals surface area contributed by atoms with Crippen LogP contribution in [0.1, 0.15) is 24.0 Å². The van der Waals surface area contributed by atoms with Crippen LogP contribution in [0.3, 0.4) is 0 Å². The van der Waals surface area contributed by atoms with Crippen LogP contribution in [0.15, 0.2) is 53.6 Å². The number of carbonyl (C=O) groups is 3. The van der Waals surface area contributed by atoms with Gasteiger partial charge in [0.15, 0.2) is 0 Å². The molecule has 2 saturated heterocycles. The summed E-state index contributed by atoms with van der Waals surface area (Å²) >= 11 is 6.00. The van der Waals surface area contributed by atoms with Crippen LogP contribution in [0.5, 0.6) is 0 Å². The van der Waals surface area contributed by atoms with Gasteiger partial charge in [-0.05, 0) is 42.7 Å². The number of amides is 1. The first kappa shape index (κ1) is 28.6. The highest BCUT2D eigenvalue weighted by Gasteiger charge is 2.42. The van der Waals surface area contributed by atoms with E-state index in [1.165, 1.54) is 6.07 Å². The normalized spacial score (nSPS) is 19.0. The van der Waals surface area contributed by atoms with Gasteiger partial charge in [-0.2, -0.15) is 4.31 Å². The largest absolute Gasteiger partial charge is 0.481 e. The highest BCUT2D eigenvalue weighted by atomic mass is 35.5. The number of sulfonamides is 1. The zero-order valence-electron chi connectivity index (χ0n) is 21.8. The Labute approximate surface area is 240 Å². The quantitative estimate of drug-likeness (QED) is 0.236. The molecule has 0 aliphatic carbocycles. The number of hydrogen-bond donors (Lipinski definition) is 4. The van der Waals surface area contributed by atoms with Crippen molar-refractivity contribution in [2.75, 3.05) is 26.2 Å². The number of aromatic amines is 1. The Morgan fingerprint density at radius 1 is 1.02 bits per heavy atom. The van der Waals surface area contributed by atoms with Gasteiger partial charge in [-0.15, -0.1) is 0 Å². The summed E-state index contributed by atoms with van der Waals surface area (Å²) in [6, 6.07) is 11.6. The molecule has 0 spiro atoms. The van der Waals surface area contributed by atoms with Crippen molar-refractivity contribution in [2.24, 2.45) is 5.92 Å². The van der Waals surface area contributed by atoms with Crippen molar-refractivity contribution in [3.63, 3.8) is 0 Å². The highest BCUT2D eigenvalue weighted by molar-refractivity contribution is 7.89. The molecule has 1 amide bonds. The van der Waals surface area contributed by atoms with Gasteiger partial charge in [0.25, 0.3) is 10.0 Å². The van der Waals surface area contributed by atoms with Gasteiger partial charge < -0.3 is 25.0 Å². The first-order valence-corrected chi connectivity index (χ1v) is 14.7. The van der Waals surface area contributed by atoms with E-state index in [9.17, 15) is 33.0 Å². The van der Waals surface area contributed by atoms with E-state index < -0.39 is 52.9 Å². The summed E-state index contributed by atoms with van der Waals surface area (Å²) in [5, 5.41) is 28.4. The number of carboxylic acids is 2. The fourth-order valence-corrected chi connectivity index (χ4v) is 6.81. The molecule has 0 unspecified atom stereocenters. The molecule has 0 saturated carbocycles. The average molecular weight is 602 g/mol. The van der Waals surface area contributed by atoms with Crippen LogP contribution < -0.4 is 0 Å². The molecule has 5 rings (SSSR count). The second-order valence-electron chi connectivity index (χ2n) is 10.2. The minimum Gasteiger partial charge on any atom is -0.481 e. The number of aromatic nitrogens is 1. The number of carboxylic acid groups (broad SMARTS) is 2. The lowest BCUT2D eigenvalue weighted by molar-refractivity contribution is -0.154. The molecule has 12 nitrogen and oxygen atoms in total. The van der Waals surface area contributed by atoms with Crippen LogP contribution in [0, 0.1) is 11.3 Å². The molecule has 4 N–H and O–H groups in total. The van der Waals surface area contributed by atoms with E-state index in [0.29, 0.717) is 53.0 Å². The molecule has 2 aliphatic heterocycles. The van der Waals surface area contributed by atoms with Gasteiger partial charge in [-0.1, -0.05) is 35.9 Å². The standard InChI is InChI=1S/C27H28ClN5O7S/c28-20-5-6-21-19(11-20)12-23(30-21)41(39,40)32-14-22(27(37)38)33(24(34)15-32)13-16-1-3-17(4-2-16)25(29)31-9-7-18(8-10-31)26(35)36/h1-6,11-12,18,22,29-30H,7-10,13-15H2,(H,35,36)(H,37,38)/t22-/m1/s1. The molecular formula is C27H28ClN5O7S. The maximum Gasteiger partial charge on any atom is 0.327 e. The Kier molecular flexibility index (Phi) is 7.77. The molecule has 41 heavy (non-hydrogen) atoms. The Bertz CT molecular complexity index is 1630. The molecule has 14 heteroatoms. The number of likely N-dealkylation sites (tertiary alicyclic amines) is 1. The monoisotopic (exact) mass is 601 g/mol. The number of piperidine rings is 1. The van der Waals surface area contributed by atoms with Crippen molar-refractivity contribution in [3.05, 3.63) is 64.7 Å². The molecule has 1 atom stereocenters. The first-order chi connectivity index (χ1) is 19.4. The van der Waals surface area contributed by atoms with E-state index in [1.807, 2.05) is 4.90 Å². The van der Waals surface area contributed by atoms with Crippen molar-refractivity contribution in [3.8, 4) is 0 Å². The smallest absolute Gasteiger partial charge is 0.327 e. The van der Waals surface area contributed by atoms with E-state index in [0.717, 1.165) is 9.21 Å². The van der Waals surface area contributed by atoms with Gasteiger partial charge in [0.2, 0.25) is 5.91 Å². The Balaban J connectivity index is 1.28. The lowest BCUT2D eigenvalue weighted by Gasteiger charge is -2.38. The van der Waals surface area contributed by atoms with Crippen LogP contribution in [0.25, 0.3) is 10.9 Å². The fourth-order valence-electron chi connectivity index (χ4n) is 5.22. The predicted molar refractivity (Wildman–Crippen MR) is 149 cm³/mol. The number of benzene rings is 2. The van der Waals surface area contributed by atoms with Gasteiger partial charge in [-0.3, -0.25) is 15.0 Å². The first-order valence-electron chi connectivity index (χ1n) is 12.9. The van der Waals surface area contributed by atoms with Crippen LogP contribution in [0.2, 0.25) is 5.02 Å². The molecule has 3 aromatic rings. The molecule has 1 aromatic heterocycles. The molecule has 2 aliphatic rings. The summed E-state index contributed by atoms with van der Waals surface area (Å²) in [6.45, 7) is -0.0599. The summed E-state index contributed by atoms with van der Waals surface area (Å²) in [5.41, 5.74) is 1.77. The SMILES string of the molecule is N=C(c1ccc(CN2C(=O)CN(S(=O)(=O)c3cc4cc(Cl)ccc4[nH]3)C[C@@H]2C(=O)O)cc1)N1CCC(C(=O)O)CC1. The Morgan fingerprint density at radius 3 is 2.34 bits per heavy atom. The van der Waals surface area contributed by atoms with Crippen molar-refractivity contribution >= 4 is 56.2 Å². The number of H-pyrrole nitrogens is 1. The van der Waals surface area contributed by atoms with E-state index >= 15 is 0 Å². The van der Waals surface area contributed by atoms with Gasteiger partial charge in [0.05, 0.1) is 12.5 Å². The molecule has 2 fully saturated rings. The van der Waals surface area contributed by atoms with Crippen molar-refractivity contribution in [2.45, 2.75) is 30.5 Å². The lowest BCUT2D eigenvalue weighted by Crippen LogP contribution is -2.60. The summed E-state index contributed by atoms with van der Waals surface area (Å²) in [7, 11) is -4.20. The van der Waals surface area contributed by atoms with E-state index in [2.05, 4.69) is 4.98 Å². The maximum absolute atomic E-state index is 13.3. The number of hydrogen-bond acceptors (Lipinski definition) is 6. The number of piperazine rings is 1. The van der Waals surface area contributed by atoms with E-state index in [4.69, 9.17) is 17.0 Å². The summed E-state index contributed by atoms with van der Waals surface area (Å²) < 4.78 is 27.6. The van der Waals surface area contributed by atoms with Gasteiger partial charge in [-0.25, -0.2) is 13.2 Å². The topological polar surface area (TPSA) is 175 Å². The average Bonchev–Trinajstić information content (AvgIpc) is 3.38. The van der Waals surface area contributed by atoms with Crippen LogP contribution in [-0.2, 0) is 31.0 Å². The van der Waals surface area contributed by atoms with E-state index in [1.54, 1.807) is 42.5 Å². The Hall–Kier alpha value is -3.94. The molecule has 2 aromatic carbocycles. The van der Waals surface area contributed by atoms with Gasteiger partial charge in [0.1, 0.15) is 16.9 Å². The number of nitrogens with one attached hydrogen (secondary N) is 2. The minimum atomic E-state index is -4.20. The third kappa shape index (κ3) is 5.78. The molecule has 216 valence electrons. The predicted octanol–water partition coefficient (Wildman–Crippen LogP) is 2.43. The number of aliphatic carboxylic acids is 2. The minimum absolute atomic E-state index is 0.0494. The molecule has 0 radical (unpaired) electrons. The number of carbonyl (C=O) groups excluding carboxylic acids is 1. The number of halogens is 1. The fraction of sp³-hybridized carbons (Fsp3) is 0.333. The Morgan fingerprint density at radius 2 is 1.71 bits per heavy atom. The molecule has 0 bridgehead atoms. The van der Waals surface area contributed by atoms with E-state index in [-0.39, 0.29) is 17.4 Å². The number of amidine groups is 1. The zero-order chi connectivity index (χ0) is 29.5. The van der Waals surface area contributed by atoms with Crippen LogP contribution in [0.4, 0.5) is 0 Å². The summed E-state index contributed by atoms with van der Waals surface area (Å²) in [4.78, 5) is 42.3. The third-order valence-electron chi connectivity index (χ3n) is 7.59. The second kappa shape index (κ2) is 11.1. The zero-order valence-corrected chi connectivity index (χ0v) is 23.4. The van der Waals surface area contributed by atoms with Crippen LogP contribution in [-0.4, -0.2) is 93.6 Å². The van der Waals surface area contributed by atoms with Gasteiger partial charge >= 0.3 is 11.9 Å². The van der Waals surface area contributed by atoms with Crippen molar-refractivity contribution in [1.29, 1.82) is 5.41 Å². The van der Waals surface area contributed by atoms with Crippen molar-refractivity contribution in [1.82, 2.24) is 19.1 Å². The lowest BCUT2D eigenvalue weighted by atomic mass is 9.96. The van der Waals surface area contributed by atoms with Gasteiger partial charge in [0, 0.05) is 47.7 Å². The number of rotatable bonds is 7. The number of nitrogens with zero attached hydrogens (tertiary/aromatic N) is 3.